The first kappa shape index (κ1) is 22.5. The molecule has 1 aliphatic heterocycles. The maximum absolute atomic E-state index is 12.9. The van der Waals surface area contributed by atoms with Crippen molar-refractivity contribution in [1.82, 2.24) is 5.32 Å². The Labute approximate surface area is 166 Å². The zero-order chi connectivity index (χ0) is 21.6. The van der Waals surface area contributed by atoms with Crippen molar-refractivity contribution in [1.29, 1.82) is 0 Å². The number of alkyl halides is 2. The Bertz CT molecular complexity index is 760. The van der Waals surface area contributed by atoms with Crippen LogP contribution in [0.25, 0.3) is 0 Å². The number of ether oxygens (including phenoxy) is 2. The van der Waals surface area contributed by atoms with Gasteiger partial charge in [-0.2, -0.15) is 8.78 Å². The maximum atomic E-state index is 12.9. The van der Waals surface area contributed by atoms with Gasteiger partial charge in [0.15, 0.2) is 5.75 Å². The molecule has 0 saturated carbocycles. The van der Waals surface area contributed by atoms with Crippen molar-refractivity contribution in [3.8, 4) is 5.75 Å². The zero-order valence-corrected chi connectivity index (χ0v) is 16.1. The maximum Gasteiger partial charge on any atom is 0.387 e. The first-order chi connectivity index (χ1) is 13.7. The molecule has 1 atom stereocenters. The van der Waals surface area contributed by atoms with Gasteiger partial charge in [-0.3, -0.25) is 14.4 Å². The lowest BCUT2D eigenvalue weighted by molar-refractivity contribution is -0.128. The van der Waals surface area contributed by atoms with Gasteiger partial charge in [-0.25, -0.2) is 0 Å². The number of rotatable bonds is 8. The fourth-order valence-corrected chi connectivity index (χ4v) is 2.56. The fourth-order valence-electron chi connectivity index (χ4n) is 2.56. The summed E-state index contributed by atoms with van der Waals surface area (Å²) in [6.07, 6.45) is 0. The molecule has 1 saturated heterocycles. The van der Waals surface area contributed by atoms with Crippen LogP contribution in [0.5, 0.6) is 5.75 Å². The Morgan fingerprint density at radius 1 is 1.31 bits per heavy atom. The van der Waals surface area contributed by atoms with Crippen LogP contribution in [0, 0.1) is 5.92 Å². The number of carbonyl (C=O) groups excluding carboxylic acids is 3. The number of benzene rings is 1. The normalized spacial score (nSPS) is 15.4. The standard InChI is InChI=1S/C18H24F2N4O5/c1-10(2)16(26)23-13(8-21)17(27)22-12-4-3-11(7-14(12)29-18(19)20)24-5-6-28-9-15(24)25/h3-4,7,10,13,18H,5-6,8-9,21H2,1-2H3,(H,22,27)(H,23,26)/t13-/m1/s1. The first-order valence-electron chi connectivity index (χ1n) is 9.01. The van der Waals surface area contributed by atoms with Crippen LogP contribution < -0.4 is 26.0 Å². The number of nitrogens with one attached hydrogen (secondary N) is 2. The number of halogens is 2. The van der Waals surface area contributed by atoms with Gasteiger partial charge >= 0.3 is 6.61 Å². The number of hydrogen-bond acceptors (Lipinski definition) is 6. The highest BCUT2D eigenvalue weighted by Crippen LogP contribution is 2.32. The summed E-state index contributed by atoms with van der Waals surface area (Å²) < 4.78 is 35.3. The van der Waals surface area contributed by atoms with E-state index in [4.69, 9.17) is 10.5 Å². The molecule has 0 bridgehead atoms. The Balaban J connectivity index is 2.22. The molecule has 1 heterocycles. The minimum atomic E-state index is -3.15. The number of amides is 3. The van der Waals surface area contributed by atoms with Crippen LogP contribution in [-0.4, -0.2) is 56.7 Å². The molecule has 29 heavy (non-hydrogen) atoms. The summed E-state index contributed by atoms with van der Waals surface area (Å²) >= 11 is 0. The van der Waals surface area contributed by atoms with Crippen molar-refractivity contribution in [2.45, 2.75) is 26.5 Å². The van der Waals surface area contributed by atoms with Crippen LogP contribution >= 0.6 is 0 Å². The third-order valence-corrected chi connectivity index (χ3v) is 4.13. The van der Waals surface area contributed by atoms with Gasteiger partial charge in [-0.1, -0.05) is 13.8 Å². The highest BCUT2D eigenvalue weighted by atomic mass is 19.3. The lowest BCUT2D eigenvalue weighted by Crippen LogP contribution is -2.49. The lowest BCUT2D eigenvalue weighted by Gasteiger charge is -2.27. The van der Waals surface area contributed by atoms with E-state index in [9.17, 15) is 23.2 Å². The summed E-state index contributed by atoms with van der Waals surface area (Å²) in [5, 5.41) is 4.92. The molecule has 2 rings (SSSR count). The second-order valence-electron chi connectivity index (χ2n) is 6.60. The fraction of sp³-hybridized carbons (Fsp3) is 0.500. The van der Waals surface area contributed by atoms with Crippen LogP contribution in [0.1, 0.15) is 13.8 Å². The summed E-state index contributed by atoms with van der Waals surface area (Å²) in [6, 6.07) is 3.01. The molecule has 9 nitrogen and oxygen atoms in total. The molecule has 0 aliphatic carbocycles. The second-order valence-corrected chi connectivity index (χ2v) is 6.60. The van der Waals surface area contributed by atoms with Gasteiger partial charge in [0.05, 0.1) is 12.3 Å². The Kier molecular flexibility index (Phi) is 7.85. The predicted molar refractivity (Wildman–Crippen MR) is 101 cm³/mol. The second kappa shape index (κ2) is 10.1. The Hall–Kier alpha value is -2.79. The highest BCUT2D eigenvalue weighted by Gasteiger charge is 2.25. The van der Waals surface area contributed by atoms with E-state index in [0.29, 0.717) is 12.3 Å². The van der Waals surface area contributed by atoms with Gasteiger partial charge < -0.3 is 30.7 Å². The molecule has 0 spiro atoms. The molecular formula is C18H24F2N4O5. The number of morpholine rings is 1. The monoisotopic (exact) mass is 414 g/mol. The number of hydrogen-bond donors (Lipinski definition) is 3. The summed E-state index contributed by atoms with van der Waals surface area (Å²) in [5.41, 5.74) is 5.83. The third-order valence-electron chi connectivity index (χ3n) is 4.13. The van der Waals surface area contributed by atoms with E-state index in [1.807, 2.05) is 0 Å². The average Bonchev–Trinajstić information content (AvgIpc) is 2.67. The van der Waals surface area contributed by atoms with Crippen LogP contribution in [0.3, 0.4) is 0 Å². The number of carbonyl (C=O) groups is 3. The average molecular weight is 414 g/mol. The van der Waals surface area contributed by atoms with Gasteiger partial charge in [-0.15, -0.1) is 0 Å². The number of nitrogens with two attached hydrogens (primary N) is 1. The van der Waals surface area contributed by atoms with Crippen molar-refractivity contribution < 1.29 is 32.6 Å². The zero-order valence-electron chi connectivity index (χ0n) is 16.1. The quantitative estimate of drug-likeness (QED) is 0.575. The largest absolute Gasteiger partial charge is 0.433 e. The van der Waals surface area contributed by atoms with Gasteiger partial charge in [-0.05, 0) is 12.1 Å². The Morgan fingerprint density at radius 2 is 2.03 bits per heavy atom. The highest BCUT2D eigenvalue weighted by molar-refractivity contribution is 5.99. The van der Waals surface area contributed by atoms with E-state index in [0.717, 1.165) is 0 Å². The third kappa shape index (κ3) is 6.09. The lowest BCUT2D eigenvalue weighted by atomic mass is 10.1. The van der Waals surface area contributed by atoms with Gasteiger partial charge in [0, 0.05) is 30.8 Å². The molecule has 1 aliphatic rings. The predicted octanol–water partition coefficient (Wildman–Crippen LogP) is 0.689. The minimum Gasteiger partial charge on any atom is -0.433 e. The van der Waals surface area contributed by atoms with E-state index in [2.05, 4.69) is 15.4 Å². The topological polar surface area (TPSA) is 123 Å². The van der Waals surface area contributed by atoms with Gasteiger partial charge in [0.2, 0.25) is 11.8 Å². The summed E-state index contributed by atoms with van der Waals surface area (Å²) in [5.74, 6) is -2.07. The molecule has 1 aromatic rings. The van der Waals surface area contributed by atoms with Crippen LogP contribution in [0.2, 0.25) is 0 Å². The van der Waals surface area contributed by atoms with E-state index >= 15 is 0 Å². The van der Waals surface area contributed by atoms with Crippen LogP contribution in [0.4, 0.5) is 20.2 Å². The van der Waals surface area contributed by atoms with Crippen molar-refractivity contribution in [3.63, 3.8) is 0 Å². The van der Waals surface area contributed by atoms with E-state index in [1.165, 1.54) is 23.1 Å². The molecule has 0 aromatic heterocycles. The van der Waals surface area contributed by atoms with Crippen molar-refractivity contribution >= 4 is 29.1 Å². The van der Waals surface area contributed by atoms with Crippen LogP contribution in [0.15, 0.2) is 18.2 Å². The summed E-state index contributed by atoms with van der Waals surface area (Å²) in [4.78, 5) is 37.6. The molecular weight excluding hydrogens is 390 g/mol. The molecule has 160 valence electrons. The van der Waals surface area contributed by atoms with E-state index in [1.54, 1.807) is 13.8 Å². The van der Waals surface area contributed by atoms with Crippen molar-refractivity contribution in [3.05, 3.63) is 18.2 Å². The van der Waals surface area contributed by atoms with E-state index in [-0.39, 0.29) is 48.9 Å². The van der Waals surface area contributed by atoms with Crippen molar-refractivity contribution in [2.75, 3.05) is 36.5 Å². The molecule has 4 N–H and O–H groups in total. The van der Waals surface area contributed by atoms with Crippen LogP contribution in [-0.2, 0) is 19.1 Å². The summed E-state index contributed by atoms with van der Waals surface area (Å²) in [6.45, 7) is 0.430. The smallest absolute Gasteiger partial charge is 0.387 e. The molecule has 1 fully saturated rings. The molecule has 0 radical (unpaired) electrons. The molecule has 11 heteroatoms. The molecule has 0 unspecified atom stereocenters. The number of anilines is 2. The van der Waals surface area contributed by atoms with Crippen molar-refractivity contribution in [2.24, 2.45) is 11.7 Å². The van der Waals surface area contributed by atoms with Gasteiger partial charge in [0.1, 0.15) is 12.6 Å². The van der Waals surface area contributed by atoms with Gasteiger partial charge in [0.25, 0.3) is 5.91 Å². The Morgan fingerprint density at radius 3 is 2.62 bits per heavy atom. The first-order valence-corrected chi connectivity index (χ1v) is 9.01. The molecule has 3 amide bonds. The minimum absolute atomic E-state index is 0.0444. The summed E-state index contributed by atoms with van der Waals surface area (Å²) in [7, 11) is 0. The van der Waals surface area contributed by atoms with E-state index < -0.39 is 18.6 Å². The molecule has 1 aromatic carbocycles. The number of nitrogens with zero attached hydrogens (tertiary/aromatic N) is 1. The SMILES string of the molecule is CC(C)C(=O)N[C@H](CN)C(=O)Nc1ccc(N2CCOCC2=O)cc1OC(F)F.